The van der Waals surface area contributed by atoms with Gasteiger partial charge in [-0.25, -0.2) is 0 Å². The van der Waals surface area contributed by atoms with Gasteiger partial charge >= 0.3 is 75.1 Å². The van der Waals surface area contributed by atoms with E-state index < -0.39 is 20.6 Å². The maximum atomic E-state index is 10.6. The summed E-state index contributed by atoms with van der Waals surface area (Å²) in [7, 11) is 0. The molecule has 0 bridgehead atoms. The Morgan fingerprint density at radius 1 is 1.25 bits per heavy atom. The Labute approximate surface area is 75.5 Å². The minimum absolute atomic E-state index is 0.573. The molecule has 0 aliphatic heterocycles. The van der Waals surface area contributed by atoms with Gasteiger partial charge in [0.25, 0.3) is 0 Å². The van der Waals surface area contributed by atoms with E-state index in [1.165, 1.54) is 0 Å². The van der Waals surface area contributed by atoms with Gasteiger partial charge in [0.15, 0.2) is 0 Å². The average Bonchev–Trinajstić information content (AvgIpc) is 1.83. The van der Waals surface area contributed by atoms with Gasteiger partial charge in [-0.3, -0.25) is 0 Å². The molecule has 0 aromatic heterocycles. The molecule has 1 aliphatic rings. The quantitative estimate of drug-likeness (QED) is 0.718. The zero-order chi connectivity index (χ0) is 9.24. The first kappa shape index (κ1) is 10.3. The van der Waals surface area contributed by atoms with Gasteiger partial charge in [-0.05, 0) is 0 Å². The molecule has 0 aromatic rings. The van der Waals surface area contributed by atoms with Gasteiger partial charge in [-0.15, -0.1) is 0 Å². The van der Waals surface area contributed by atoms with Gasteiger partial charge in [0.2, 0.25) is 0 Å². The fraction of sp³-hybridized carbons (Fsp3) is 1.00. The molecule has 0 atom stereocenters. The summed E-state index contributed by atoms with van der Waals surface area (Å²) in [4.78, 5) is 0. The molecule has 72 valence electrons. The molecule has 0 saturated heterocycles. The van der Waals surface area contributed by atoms with Crippen LogP contribution in [0.3, 0.4) is 0 Å². The van der Waals surface area contributed by atoms with Crippen molar-refractivity contribution in [2.24, 2.45) is 0 Å². The van der Waals surface area contributed by atoms with E-state index in [0.29, 0.717) is 0 Å². The first-order valence-corrected chi connectivity index (χ1v) is 6.57. The Hall–Kier alpha value is 0.264. The molecule has 12 heavy (non-hydrogen) atoms. The van der Waals surface area contributed by atoms with Crippen LogP contribution in [-0.4, -0.2) is 13.7 Å². The van der Waals surface area contributed by atoms with Crippen LogP contribution in [0.4, 0.5) is 0 Å². The molecular formula is C7H15O4V. The molecule has 1 rings (SSSR count). The second-order valence-electron chi connectivity index (χ2n) is 3.59. The van der Waals surface area contributed by atoms with Crippen LogP contribution in [0.1, 0.15) is 39.0 Å². The number of hydrogen-bond acceptors (Lipinski definition) is 2. The summed E-state index contributed by atoms with van der Waals surface area (Å²) in [6.45, 7) is 1.78. The van der Waals surface area contributed by atoms with Gasteiger partial charge in [0, 0.05) is 0 Å². The van der Waals surface area contributed by atoms with Crippen LogP contribution < -0.4 is 0 Å². The molecule has 0 radical (unpaired) electrons. The van der Waals surface area contributed by atoms with Gasteiger partial charge in [0.1, 0.15) is 0 Å². The molecule has 1 fully saturated rings. The first-order valence-electron chi connectivity index (χ1n) is 4.18. The predicted molar refractivity (Wildman–Crippen MR) is 37.7 cm³/mol. The van der Waals surface area contributed by atoms with Crippen LogP contribution in [0.5, 0.6) is 0 Å². The van der Waals surface area contributed by atoms with Crippen LogP contribution in [0.2, 0.25) is 0 Å². The first-order chi connectivity index (χ1) is 5.41. The van der Waals surface area contributed by atoms with Gasteiger partial charge in [0.05, 0.1) is 0 Å². The molecule has 4 nitrogen and oxygen atoms in total. The van der Waals surface area contributed by atoms with Crippen LogP contribution in [-0.2, 0) is 22.4 Å². The topological polar surface area (TPSA) is 66.8 Å². The zero-order valence-electron chi connectivity index (χ0n) is 7.19. The number of hydrogen-bond donors (Lipinski definition) is 2. The Balaban J connectivity index is 2.53. The van der Waals surface area contributed by atoms with Gasteiger partial charge in [-0.2, -0.15) is 0 Å². The summed E-state index contributed by atoms with van der Waals surface area (Å²) in [6, 6.07) is 0. The second-order valence-corrected chi connectivity index (χ2v) is 5.41. The molecule has 0 amide bonds. The number of rotatable bonds is 2. The van der Waals surface area contributed by atoms with Gasteiger partial charge in [-0.1, -0.05) is 0 Å². The summed E-state index contributed by atoms with van der Waals surface area (Å²) in [5.41, 5.74) is -0.573. The summed E-state index contributed by atoms with van der Waals surface area (Å²) in [5.74, 6) is 0. The van der Waals surface area contributed by atoms with Crippen molar-refractivity contribution in [1.29, 1.82) is 0 Å². The van der Waals surface area contributed by atoms with E-state index in [1.54, 1.807) is 6.92 Å². The molecule has 5 heteroatoms. The van der Waals surface area contributed by atoms with E-state index in [9.17, 15) is 3.67 Å². The van der Waals surface area contributed by atoms with Crippen molar-refractivity contribution in [2.75, 3.05) is 0 Å². The Bertz CT molecular complexity index is 192. The minimum atomic E-state index is -4.88. The molecule has 0 spiro atoms. The second kappa shape index (κ2) is 3.56. The monoisotopic (exact) mass is 214 g/mol. The standard InChI is InChI=1S/C7H13O.2H2O.O.V/c1-7(8)5-3-2-4-6-7;;;;/h2-6H2,1H3;2*1H2;;/q-1;;;;+3/p-2. The van der Waals surface area contributed by atoms with Crippen LogP contribution >= 0.6 is 0 Å². The van der Waals surface area contributed by atoms with Crippen molar-refractivity contribution < 1.29 is 30.4 Å². The van der Waals surface area contributed by atoms with Crippen LogP contribution in [0, 0.1) is 0 Å². The normalized spacial score (nSPS) is 23.9. The SMILES string of the molecule is CC1([O][V](=[O])([OH])[OH])CCCCC1. The third kappa shape index (κ3) is 3.33. The van der Waals surface area contributed by atoms with Crippen molar-refractivity contribution in [3.63, 3.8) is 0 Å². The maximum absolute atomic E-state index is 10.6. The average molecular weight is 214 g/mol. The Kier molecular flexibility index (Phi) is 3.07. The molecule has 0 heterocycles. The molecule has 1 saturated carbocycles. The van der Waals surface area contributed by atoms with Crippen molar-refractivity contribution in [3.05, 3.63) is 0 Å². The molecular weight excluding hydrogens is 199 g/mol. The summed E-state index contributed by atoms with van der Waals surface area (Å²) >= 11 is -4.88. The van der Waals surface area contributed by atoms with E-state index in [0.717, 1.165) is 32.1 Å². The van der Waals surface area contributed by atoms with E-state index in [2.05, 4.69) is 0 Å². The van der Waals surface area contributed by atoms with Crippen molar-refractivity contribution >= 4 is 0 Å². The third-order valence-electron chi connectivity index (χ3n) is 2.25. The van der Waals surface area contributed by atoms with E-state index in [-0.39, 0.29) is 0 Å². The molecule has 2 N–H and O–H groups in total. The summed E-state index contributed by atoms with van der Waals surface area (Å²) in [6.07, 6.45) is 4.68. The third-order valence-corrected chi connectivity index (χ3v) is 3.31. The van der Waals surface area contributed by atoms with Crippen molar-refractivity contribution in [1.82, 2.24) is 0 Å². The fourth-order valence-electron chi connectivity index (χ4n) is 1.68. The van der Waals surface area contributed by atoms with Crippen molar-refractivity contribution in [2.45, 2.75) is 44.6 Å². The molecule has 1 aliphatic carbocycles. The van der Waals surface area contributed by atoms with Crippen molar-refractivity contribution in [3.8, 4) is 0 Å². The molecule has 0 unspecified atom stereocenters. The summed E-state index contributed by atoms with van der Waals surface area (Å²) < 4.78 is 32.8. The Morgan fingerprint density at radius 3 is 2.17 bits per heavy atom. The van der Waals surface area contributed by atoms with E-state index in [1.807, 2.05) is 0 Å². The van der Waals surface area contributed by atoms with Gasteiger partial charge < -0.3 is 0 Å². The Morgan fingerprint density at radius 2 is 1.75 bits per heavy atom. The van der Waals surface area contributed by atoms with Crippen LogP contribution in [0.25, 0.3) is 0 Å². The fourth-order valence-corrected chi connectivity index (χ4v) is 2.86. The van der Waals surface area contributed by atoms with E-state index >= 15 is 0 Å². The molecule has 0 aromatic carbocycles. The summed E-state index contributed by atoms with van der Waals surface area (Å²) in [5, 5.41) is 0. The zero-order valence-corrected chi connectivity index (χ0v) is 8.59. The van der Waals surface area contributed by atoms with E-state index in [4.69, 9.17) is 11.7 Å². The van der Waals surface area contributed by atoms with Crippen LogP contribution in [0.15, 0.2) is 0 Å². The predicted octanol–water partition coefficient (Wildman–Crippen LogP) is 0.955.